The molecule has 0 unspecified atom stereocenters. The van der Waals surface area contributed by atoms with Crippen molar-refractivity contribution >= 4 is 32.8 Å². The fourth-order valence-electron chi connectivity index (χ4n) is 1.71. The van der Waals surface area contributed by atoms with Crippen LogP contribution in [-0.4, -0.2) is 27.2 Å². The van der Waals surface area contributed by atoms with Crippen molar-refractivity contribution in [1.29, 1.82) is 0 Å². The molecule has 1 heterocycles. The number of hydrogen-bond acceptors (Lipinski definition) is 3. The van der Waals surface area contributed by atoms with E-state index >= 15 is 0 Å². The van der Waals surface area contributed by atoms with Gasteiger partial charge < -0.3 is 20.9 Å². The molecule has 17 heavy (non-hydrogen) atoms. The third-order valence-corrected chi connectivity index (χ3v) is 3.26. The summed E-state index contributed by atoms with van der Waals surface area (Å²) < 4.78 is 0.690. The molecule has 5 nitrogen and oxygen atoms in total. The number of aromatic amines is 1. The smallest absolute Gasteiger partial charge is 0.320 e. The molecule has 0 aliphatic heterocycles. The summed E-state index contributed by atoms with van der Waals surface area (Å²) in [7, 11) is 0. The highest BCUT2D eigenvalue weighted by atomic mass is 79.9. The molecule has 6 heteroatoms. The zero-order chi connectivity index (χ0) is 12.6. The van der Waals surface area contributed by atoms with Gasteiger partial charge in [0.2, 0.25) is 0 Å². The Morgan fingerprint density at radius 1 is 1.53 bits per heavy atom. The molecule has 0 amide bonds. The van der Waals surface area contributed by atoms with Crippen molar-refractivity contribution in [2.24, 2.45) is 5.73 Å². The van der Waals surface area contributed by atoms with Crippen LogP contribution in [0.15, 0.2) is 22.8 Å². The van der Waals surface area contributed by atoms with Gasteiger partial charge in [0.05, 0.1) is 4.60 Å². The number of phenolic OH excluding ortho intramolecular Hbond substituents is 1. The Morgan fingerprint density at radius 3 is 2.88 bits per heavy atom. The molecule has 0 aliphatic carbocycles. The predicted molar refractivity (Wildman–Crippen MR) is 67.0 cm³/mol. The molecule has 0 saturated carbocycles. The number of benzene rings is 1. The van der Waals surface area contributed by atoms with Gasteiger partial charge in [0.15, 0.2) is 0 Å². The van der Waals surface area contributed by atoms with E-state index in [2.05, 4.69) is 20.9 Å². The van der Waals surface area contributed by atoms with Crippen molar-refractivity contribution in [3.8, 4) is 5.75 Å². The summed E-state index contributed by atoms with van der Waals surface area (Å²) in [6.45, 7) is 0. The number of aromatic hydroxyl groups is 1. The molecular formula is C11H11BrN2O3. The lowest BCUT2D eigenvalue weighted by molar-refractivity contribution is -0.138. The van der Waals surface area contributed by atoms with Crippen LogP contribution in [0.1, 0.15) is 5.56 Å². The Morgan fingerprint density at radius 2 is 2.24 bits per heavy atom. The van der Waals surface area contributed by atoms with Crippen LogP contribution in [0.25, 0.3) is 10.9 Å². The van der Waals surface area contributed by atoms with E-state index < -0.39 is 12.0 Å². The molecule has 0 fully saturated rings. The third kappa shape index (κ3) is 2.27. The fourth-order valence-corrected chi connectivity index (χ4v) is 2.30. The molecule has 0 spiro atoms. The molecule has 2 aromatic rings. The first-order valence-corrected chi connectivity index (χ1v) is 5.76. The lowest BCUT2D eigenvalue weighted by Gasteiger charge is -2.05. The molecule has 2 rings (SSSR count). The van der Waals surface area contributed by atoms with Gasteiger partial charge in [-0.15, -0.1) is 0 Å². The van der Waals surface area contributed by atoms with Gasteiger partial charge in [-0.3, -0.25) is 4.79 Å². The monoisotopic (exact) mass is 298 g/mol. The molecule has 0 aliphatic rings. The predicted octanol–water partition coefficient (Wildman–Crippen LogP) is 1.59. The van der Waals surface area contributed by atoms with Gasteiger partial charge in [-0.1, -0.05) is 0 Å². The minimum atomic E-state index is -1.05. The Bertz CT molecular complexity index is 579. The van der Waals surface area contributed by atoms with Crippen molar-refractivity contribution in [3.05, 3.63) is 28.4 Å². The number of aliphatic carboxylic acids is 1. The van der Waals surface area contributed by atoms with Crippen molar-refractivity contribution in [3.63, 3.8) is 0 Å². The number of nitrogens with one attached hydrogen (secondary N) is 1. The van der Waals surface area contributed by atoms with Crippen LogP contribution in [0.5, 0.6) is 5.75 Å². The number of carboxylic acid groups (broad SMARTS) is 1. The minimum Gasteiger partial charge on any atom is -0.508 e. The first-order valence-electron chi connectivity index (χ1n) is 4.96. The van der Waals surface area contributed by atoms with Gasteiger partial charge >= 0.3 is 5.97 Å². The maximum absolute atomic E-state index is 10.7. The minimum absolute atomic E-state index is 0.133. The molecule has 0 bridgehead atoms. The molecule has 90 valence electrons. The van der Waals surface area contributed by atoms with Gasteiger partial charge in [-0.25, -0.2) is 0 Å². The average Bonchev–Trinajstić information content (AvgIpc) is 2.55. The number of H-pyrrole nitrogens is 1. The van der Waals surface area contributed by atoms with Crippen LogP contribution in [0, 0.1) is 0 Å². The first kappa shape index (κ1) is 11.9. The van der Waals surface area contributed by atoms with E-state index in [1.54, 1.807) is 18.2 Å². The number of rotatable bonds is 3. The Labute approximate surface area is 105 Å². The number of fused-ring (bicyclic) bond motifs is 1. The molecule has 1 atom stereocenters. The van der Waals surface area contributed by atoms with Gasteiger partial charge in [-0.2, -0.15) is 0 Å². The number of nitrogens with two attached hydrogens (primary N) is 1. The van der Waals surface area contributed by atoms with E-state index in [-0.39, 0.29) is 12.2 Å². The fraction of sp³-hybridized carbons (Fsp3) is 0.182. The molecule has 5 N–H and O–H groups in total. The number of phenols is 1. The quantitative estimate of drug-likeness (QED) is 0.691. The average molecular weight is 299 g/mol. The van der Waals surface area contributed by atoms with Crippen LogP contribution >= 0.6 is 15.9 Å². The summed E-state index contributed by atoms with van der Waals surface area (Å²) in [6, 6.07) is 3.91. The third-order valence-electron chi connectivity index (χ3n) is 2.58. The highest BCUT2D eigenvalue weighted by molar-refractivity contribution is 9.10. The van der Waals surface area contributed by atoms with E-state index in [4.69, 9.17) is 10.8 Å². The first-order chi connectivity index (χ1) is 7.99. The number of carbonyl (C=O) groups is 1. The number of carboxylic acids is 1. The summed E-state index contributed by atoms with van der Waals surface area (Å²) in [5.41, 5.74) is 7.09. The van der Waals surface area contributed by atoms with Crippen molar-refractivity contribution < 1.29 is 15.0 Å². The van der Waals surface area contributed by atoms with Gasteiger partial charge in [0.25, 0.3) is 0 Å². The number of aromatic nitrogens is 1. The summed E-state index contributed by atoms with van der Waals surface area (Å²) >= 11 is 3.33. The van der Waals surface area contributed by atoms with E-state index in [9.17, 15) is 9.90 Å². The van der Waals surface area contributed by atoms with Crippen molar-refractivity contribution in [2.45, 2.75) is 12.5 Å². The van der Waals surface area contributed by atoms with Gasteiger partial charge in [0.1, 0.15) is 11.8 Å². The van der Waals surface area contributed by atoms with Crippen LogP contribution in [0.2, 0.25) is 0 Å². The van der Waals surface area contributed by atoms with Gasteiger partial charge in [0, 0.05) is 17.3 Å². The number of hydrogen-bond donors (Lipinski definition) is 4. The summed E-state index contributed by atoms with van der Waals surface area (Å²) in [5, 5.41) is 19.0. The Balaban J connectivity index is 2.48. The Hall–Kier alpha value is -1.53. The molecule has 0 saturated heterocycles. The highest BCUT2D eigenvalue weighted by Crippen LogP contribution is 2.29. The Kier molecular flexibility index (Phi) is 3.08. The zero-order valence-electron chi connectivity index (χ0n) is 8.77. The summed E-state index contributed by atoms with van der Waals surface area (Å²) in [4.78, 5) is 13.8. The highest BCUT2D eigenvalue weighted by Gasteiger charge is 2.17. The SMILES string of the molecule is N[C@@H](Cc1c(Br)[nH]c2ccc(O)cc12)C(=O)O. The molecule has 0 radical (unpaired) electrons. The molecule has 1 aromatic carbocycles. The second-order valence-electron chi connectivity index (χ2n) is 3.80. The second-order valence-corrected chi connectivity index (χ2v) is 4.59. The van der Waals surface area contributed by atoms with Crippen LogP contribution < -0.4 is 5.73 Å². The lowest BCUT2D eigenvalue weighted by Crippen LogP contribution is -2.32. The summed E-state index contributed by atoms with van der Waals surface area (Å²) in [6.07, 6.45) is 0.194. The van der Waals surface area contributed by atoms with Crippen molar-refractivity contribution in [1.82, 2.24) is 4.98 Å². The van der Waals surface area contributed by atoms with Crippen LogP contribution in [0.3, 0.4) is 0 Å². The maximum Gasteiger partial charge on any atom is 0.320 e. The molecular weight excluding hydrogens is 288 g/mol. The zero-order valence-corrected chi connectivity index (χ0v) is 10.4. The van der Waals surface area contributed by atoms with Crippen LogP contribution in [0.4, 0.5) is 0 Å². The van der Waals surface area contributed by atoms with E-state index in [1.807, 2.05) is 0 Å². The van der Waals surface area contributed by atoms with E-state index in [0.29, 0.717) is 4.60 Å². The second kappa shape index (κ2) is 4.38. The van der Waals surface area contributed by atoms with Gasteiger partial charge in [-0.05, 0) is 39.7 Å². The van der Waals surface area contributed by atoms with Crippen molar-refractivity contribution in [2.75, 3.05) is 0 Å². The lowest BCUT2D eigenvalue weighted by atomic mass is 10.1. The maximum atomic E-state index is 10.7. The standard InChI is InChI=1S/C11H11BrN2O3/c12-10-7(4-8(13)11(16)17)6-3-5(15)1-2-9(6)14-10/h1-3,8,14-15H,4,13H2,(H,16,17)/t8-/m0/s1. The number of halogens is 1. The van der Waals surface area contributed by atoms with E-state index in [0.717, 1.165) is 16.5 Å². The topological polar surface area (TPSA) is 99.3 Å². The normalized spacial score (nSPS) is 12.8. The van der Waals surface area contributed by atoms with E-state index in [1.165, 1.54) is 0 Å². The van der Waals surface area contributed by atoms with Crippen LogP contribution in [-0.2, 0) is 11.2 Å². The molecule has 1 aromatic heterocycles. The largest absolute Gasteiger partial charge is 0.508 e. The summed E-state index contributed by atoms with van der Waals surface area (Å²) in [5.74, 6) is -0.916.